The number of halogens is 1. The third kappa shape index (κ3) is 4.89. The molecule has 4 aromatic rings. The molecule has 0 aliphatic carbocycles. The smallest absolute Gasteiger partial charge is 0.206 e. The van der Waals surface area contributed by atoms with Gasteiger partial charge in [-0.1, -0.05) is 41.7 Å². The minimum atomic E-state index is -0.315. The van der Waals surface area contributed by atoms with Crippen LogP contribution in [0.5, 0.6) is 28.1 Å². The van der Waals surface area contributed by atoms with Crippen LogP contribution in [-0.2, 0) is 6.42 Å². The first-order valence-electron chi connectivity index (χ1n) is 10.5. The summed E-state index contributed by atoms with van der Waals surface area (Å²) in [6.07, 6.45) is 0.414. The summed E-state index contributed by atoms with van der Waals surface area (Å²) in [6.45, 7) is 0. The number of methoxy groups -OCH3 is 3. The molecule has 0 N–H and O–H groups in total. The Bertz CT molecular complexity index is 1280. The molecule has 0 bridgehead atoms. The van der Waals surface area contributed by atoms with Crippen LogP contribution in [0.25, 0.3) is 0 Å². The topological polar surface area (TPSA) is 54.0 Å². The van der Waals surface area contributed by atoms with Crippen LogP contribution in [-0.4, -0.2) is 27.1 Å². The number of ether oxygens (including phenoxy) is 4. The number of carbonyl (C=O) groups excluding carboxylic acids is 1. The van der Waals surface area contributed by atoms with Crippen molar-refractivity contribution in [2.24, 2.45) is 0 Å². The number of hydrogen-bond acceptors (Lipinski definition) is 6. The predicted molar refractivity (Wildman–Crippen MR) is 130 cm³/mol. The lowest BCUT2D eigenvalue weighted by atomic mass is 9.97. The van der Waals surface area contributed by atoms with Gasteiger partial charge in [-0.25, -0.2) is 4.39 Å². The fraction of sp³-hybridized carbons (Fsp3) is 0.148. The van der Waals surface area contributed by atoms with Crippen LogP contribution in [0, 0.1) is 5.82 Å². The lowest BCUT2D eigenvalue weighted by molar-refractivity contribution is 0.103. The number of ketones is 1. The van der Waals surface area contributed by atoms with Gasteiger partial charge in [0.1, 0.15) is 11.6 Å². The normalized spacial score (nSPS) is 10.6. The summed E-state index contributed by atoms with van der Waals surface area (Å²) >= 11 is 1.24. The third-order valence-corrected chi connectivity index (χ3v) is 6.16. The van der Waals surface area contributed by atoms with Crippen LogP contribution in [0.4, 0.5) is 4.39 Å². The maximum absolute atomic E-state index is 13.5. The Kier molecular flexibility index (Phi) is 7.13. The molecule has 0 atom stereocenters. The van der Waals surface area contributed by atoms with E-state index in [4.69, 9.17) is 18.9 Å². The molecule has 1 heterocycles. The molecule has 0 saturated heterocycles. The molecule has 0 aliphatic heterocycles. The number of thiophene rings is 1. The van der Waals surface area contributed by atoms with Gasteiger partial charge >= 0.3 is 0 Å². The van der Waals surface area contributed by atoms with E-state index < -0.39 is 0 Å². The van der Waals surface area contributed by atoms with Crippen LogP contribution in [0.1, 0.15) is 26.4 Å². The number of carbonyl (C=O) groups is 1. The minimum absolute atomic E-state index is 0.230. The highest BCUT2D eigenvalue weighted by Crippen LogP contribution is 2.45. The van der Waals surface area contributed by atoms with Gasteiger partial charge in [0.25, 0.3) is 0 Å². The van der Waals surface area contributed by atoms with E-state index in [0.717, 1.165) is 5.56 Å². The number of rotatable bonds is 9. The molecule has 7 heteroatoms. The summed E-state index contributed by atoms with van der Waals surface area (Å²) in [4.78, 5) is 14.0. The standard InChI is InChI=1S/C27H23FO5S/c1-30-25-18(15-17-9-11-19(28)12-10-17)16-21(26(31-2)27(25)32-3)24(29)22-13-14-23(34-22)33-20-7-5-4-6-8-20/h4-14,16H,15H2,1-3H3. The zero-order valence-corrected chi connectivity index (χ0v) is 19.8. The summed E-state index contributed by atoms with van der Waals surface area (Å²) < 4.78 is 36.0. The Morgan fingerprint density at radius 1 is 0.824 bits per heavy atom. The van der Waals surface area contributed by atoms with Crippen molar-refractivity contribution in [3.8, 4) is 28.1 Å². The van der Waals surface area contributed by atoms with Gasteiger partial charge in [0.05, 0.1) is 31.8 Å². The van der Waals surface area contributed by atoms with Gasteiger partial charge in [0.15, 0.2) is 16.6 Å². The molecule has 0 aliphatic rings. The summed E-state index contributed by atoms with van der Waals surface area (Å²) in [5, 5.41) is 0.598. The summed E-state index contributed by atoms with van der Waals surface area (Å²) in [5.74, 6) is 1.21. The largest absolute Gasteiger partial charge is 0.492 e. The van der Waals surface area contributed by atoms with Crippen molar-refractivity contribution < 1.29 is 28.1 Å². The van der Waals surface area contributed by atoms with Gasteiger partial charge < -0.3 is 18.9 Å². The fourth-order valence-electron chi connectivity index (χ4n) is 3.65. The molecular formula is C27H23FO5S. The van der Waals surface area contributed by atoms with E-state index in [1.165, 1.54) is 44.8 Å². The monoisotopic (exact) mass is 478 g/mol. The van der Waals surface area contributed by atoms with Gasteiger partial charge in [-0.15, -0.1) is 0 Å². The molecule has 0 unspecified atom stereocenters. The summed E-state index contributed by atoms with van der Waals surface area (Å²) in [5.41, 5.74) is 1.91. The number of para-hydroxylation sites is 1. The molecule has 4 rings (SSSR count). The summed E-state index contributed by atoms with van der Waals surface area (Å²) in [7, 11) is 4.50. The molecule has 0 saturated carbocycles. The molecule has 0 spiro atoms. The molecule has 5 nitrogen and oxygen atoms in total. The average molecular weight is 479 g/mol. The maximum atomic E-state index is 13.5. The second kappa shape index (κ2) is 10.4. The van der Waals surface area contributed by atoms with Crippen molar-refractivity contribution in [3.05, 3.63) is 100 Å². The van der Waals surface area contributed by atoms with Crippen molar-refractivity contribution in [3.63, 3.8) is 0 Å². The molecule has 0 radical (unpaired) electrons. The van der Waals surface area contributed by atoms with Gasteiger partial charge in [-0.2, -0.15) is 0 Å². The van der Waals surface area contributed by atoms with Crippen molar-refractivity contribution in [2.45, 2.75) is 6.42 Å². The lowest BCUT2D eigenvalue weighted by Gasteiger charge is -2.19. The van der Waals surface area contributed by atoms with E-state index in [-0.39, 0.29) is 17.3 Å². The highest BCUT2D eigenvalue weighted by molar-refractivity contribution is 7.16. The average Bonchev–Trinajstić information content (AvgIpc) is 3.33. The molecule has 0 amide bonds. The first kappa shape index (κ1) is 23.3. The zero-order chi connectivity index (χ0) is 24.1. The van der Waals surface area contributed by atoms with Crippen LogP contribution >= 0.6 is 11.3 Å². The zero-order valence-electron chi connectivity index (χ0n) is 19.0. The number of benzene rings is 3. The minimum Gasteiger partial charge on any atom is -0.492 e. The molecule has 3 aromatic carbocycles. The van der Waals surface area contributed by atoms with Crippen molar-refractivity contribution in [2.75, 3.05) is 21.3 Å². The van der Waals surface area contributed by atoms with Gasteiger partial charge in [-0.3, -0.25) is 4.79 Å². The Morgan fingerprint density at radius 3 is 2.15 bits per heavy atom. The quantitative estimate of drug-likeness (QED) is 0.256. The van der Waals surface area contributed by atoms with E-state index in [1.807, 2.05) is 30.3 Å². The molecule has 34 heavy (non-hydrogen) atoms. The van der Waals surface area contributed by atoms with Gasteiger partial charge in [-0.05, 0) is 48.0 Å². The van der Waals surface area contributed by atoms with Crippen LogP contribution in [0.3, 0.4) is 0 Å². The van der Waals surface area contributed by atoms with Crippen LogP contribution < -0.4 is 18.9 Å². The van der Waals surface area contributed by atoms with E-state index >= 15 is 0 Å². The van der Waals surface area contributed by atoms with Crippen LogP contribution in [0.15, 0.2) is 72.8 Å². The third-order valence-electron chi connectivity index (χ3n) is 5.20. The Balaban J connectivity index is 1.72. The first-order valence-corrected chi connectivity index (χ1v) is 11.3. The molecule has 0 fully saturated rings. The molecular weight excluding hydrogens is 455 g/mol. The molecule has 1 aromatic heterocycles. The van der Waals surface area contributed by atoms with Gasteiger partial charge in [0.2, 0.25) is 11.5 Å². The SMILES string of the molecule is COc1c(Cc2ccc(F)cc2)cc(C(=O)c2ccc(Oc3ccccc3)s2)c(OC)c1OC. The van der Waals surface area contributed by atoms with Crippen molar-refractivity contribution in [1.82, 2.24) is 0 Å². The van der Waals surface area contributed by atoms with E-state index in [9.17, 15) is 9.18 Å². The molecule has 174 valence electrons. The van der Waals surface area contributed by atoms with Gasteiger partial charge in [0, 0.05) is 12.0 Å². The lowest BCUT2D eigenvalue weighted by Crippen LogP contribution is -2.08. The second-order valence-electron chi connectivity index (χ2n) is 7.35. The van der Waals surface area contributed by atoms with Crippen molar-refractivity contribution in [1.29, 1.82) is 0 Å². The van der Waals surface area contributed by atoms with Crippen LogP contribution in [0.2, 0.25) is 0 Å². The van der Waals surface area contributed by atoms with E-state index in [2.05, 4.69) is 0 Å². The highest BCUT2D eigenvalue weighted by atomic mass is 32.1. The fourth-order valence-corrected chi connectivity index (χ4v) is 4.47. The predicted octanol–water partition coefficient (Wildman–Crippen LogP) is 6.53. The number of hydrogen-bond donors (Lipinski definition) is 0. The first-order chi connectivity index (χ1) is 16.5. The van der Waals surface area contributed by atoms with Crippen molar-refractivity contribution >= 4 is 17.1 Å². The second-order valence-corrected chi connectivity index (χ2v) is 8.40. The Labute approximate surface area is 201 Å². The summed E-state index contributed by atoms with van der Waals surface area (Å²) in [6, 6.07) is 20.8. The van der Waals surface area contributed by atoms with E-state index in [0.29, 0.717) is 44.7 Å². The maximum Gasteiger partial charge on any atom is 0.206 e. The Hall–Kier alpha value is -3.84. The highest BCUT2D eigenvalue weighted by Gasteiger charge is 2.26. The van der Waals surface area contributed by atoms with E-state index in [1.54, 1.807) is 30.3 Å². The Morgan fingerprint density at radius 2 is 1.50 bits per heavy atom.